The maximum atomic E-state index is 2.62. The monoisotopic (exact) mass is 1360 g/mol. The average molecular weight is 1360 g/mol. The van der Waals surface area contributed by atoms with Gasteiger partial charge in [0.15, 0.2) is 0 Å². The molecule has 0 N–H and O–H groups in total. The minimum Gasteiger partial charge on any atom is -0.310 e. The largest absolute Gasteiger partial charge is 0.310 e. The third kappa shape index (κ3) is 7.81. The fourth-order valence-corrected chi connectivity index (χ4v) is 22.0. The minimum atomic E-state index is -0.281. The van der Waals surface area contributed by atoms with Crippen LogP contribution in [0.3, 0.4) is 0 Å². The molecule has 0 unspecified atom stereocenters. The Kier molecular flexibility index (Phi) is 11.8. The normalized spacial score (nSPS) is 16.8. The summed E-state index contributed by atoms with van der Waals surface area (Å²) in [6.45, 7) is 38.7. The second-order valence-electron chi connectivity index (χ2n) is 36.8. The molecule has 1 nitrogen and oxygen atoms in total. The summed E-state index contributed by atoms with van der Waals surface area (Å²) < 4.78 is 0. The van der Waals surface area contributed by atoms with Gasteiger partial charge in [-0.1, -0.05) is 249 Å². The van der Waals surface area contributed by atoms with Crippen LogP contribution in [0.15, 0.2) is 237 Å². The van der Waals surface area contributed by atoms with Crippen LogP contribution in [0.25, 0.3) is 143 Å². The van der Waals surface area contributed by atoms with E-state index in [1.165, 1.54) is 232 Å². The van der Waals surface area contributed by atoms with Crippen molar-refractivity contribution in [3.05, 3.63) is 314 Å². The summed E-state index contributed by atoms with van der Waals surface area (Å²) in [5.74, 6) is 0. The van der Waals surface area contributed by atoms with Gasteiger partial charge in [0.1, 0.15) is 0 Å². The lowest BCUT2D eigenvalue weighted by atomic mass is 9.79. The first-order chi connectivity index (χ1) is 50.6. The molecular formula is C105H87N. The number of nitrogens with zero attached hydrogens (tertiary/aromatic N) is 1. The highest BCUT2D eigenvalue weighted by atomic mass is 15.1. The Hall–Kier alpha value is -10.9. The lowest BCUT2D eigenvalue weighted by Crippen LogP contribution is -2.18. The van der Waals surface area contributed by atoms with Crippen LogP contribution in [-0.2, 0) is 37.9 Å². The Morgan fingerprint density at radius 2 is 0.632 bits per heavy atom. The van der Waals surface area contributed by atoms with E-state index in [0.29, 0.717) is 0 Å². The highest BCUT2D eigenvalue weighted by Crippen LogP contribution is 2.64. The highest BCUT2D eigenvalue weighted by Gasteiger charge is 2.47. The number of fused-ring (bicyclic) bond motifs is 25. The standard InChI is InChI=1S/C105H87N/c1-56-44-91-98(80-55-89-79(54-90(80)104(91,13)14)97-73-39-26-59-22-19-21-58-24-25-63(94(73)93(58)59)47-92(97)105(89,15)16)76-46-61(27-37-68(56)76)60-28-38-70-62(45-60)30-43-82-96(70)78-53-86-75(51-88(78)101(82,7)8)72-41-36-67(49-84(72)103(86,11)12)106(65-33-31-64(32-34-65)99(2,3)4)66-35-40-71-74-50-87-77(52-85(74)102(9,10)83(71)48-66)95-69-23-18-17-20-57(69)29-42-81(95)100(87,5)6/h17-55H,1-16H3. The summed E-state index contributed by atoms with van der Waals surface area (Å²) in [6, 6.07) is 94.1. The Morgan fingerprint density at radius 1 is 0.236 bits per heavy atom. The molecule has 0 spiro atoms. The molecule has 0 saturated carbocycles. The van der Waals surface area contributed by atoms with E-state index in [1.807, 2.05) is 0 Å². The van der Waals surface area contributed by atoms with Gasteiger partial charge >= 0.3 is 0 Å². The Labute approximate surface area is 623 Å². The first-order valence-electron chi connectivity index (χ1n) is 38.8. The summed E-state index contributed by atoms with van der Waals surface area (Å²) in [6.07, 6.45) is 0. The van der Waals surface area contributed by atoms with Crippen LogP contribution in [0, 0.1) is 6.92 Å². The number of hydrogen-bond donors (Lipinski definition) is 0. The molecule has 0 bridgehead atoms. The molecule has 0 saturated heterocycles. The summed E-state index contributed by atoms with van der Waals surface area (Å²) >= 11 is 0. The van der Waals surface area contributed by atoms with Crippen LogP contribution in [0.1, 0.15) is 182 Å². The van der Waals surface area contributed by atoms with E-state index in [1.54, 1.807) is 0 Å². The van der Waals surface area contributed by atoms with Crippen molar-refractivity contribution in [3.8, 4) is 77.9 Å². The minimum absolute atomic E-state index is 0.0223. The molecule has 0 aliphatic heterocycles. The van der Waals surface area contributed by atoms with Gasteiger partial charge in [0, 0.05) is 49.6 Å². The number of aryl methyl sites for hydroxylation is 1. The van der Waals surface area contributed by atoms with E-state index >= 15 is 0 Å². The molecule has 6 aliphatic rings. The Balaban J connectivity index is 0.626. The zero-order chi connectivity index (χ0) is 72.5. The molecule has 1 heteroatoms. The molecule has 0 amide bonds. The predicted octanol–water partition coefficient (Wildman–Crippen LogP) is 28.6. The number of rotatable bonds is 4. The van der Waals surface area contributed by atoms with E-state index in [9.17, 15) is 0 Å². The van der Waals surface area contributed by atoms with Crippen molar-refractivity contribution in [2.45, 2.75) is 149 Å². The van der Waals surface area contributed by atoms with Gasteiger partial charge in [-0.25, -0.2) is 0 Å². The van der Waals surface area contributed by atoms with E-state index < -0.39 is 0 Å². The maximum absolute atomic E-state index is 2.62. The van der Waals surface area contributed by atoms with Gasteiger partial charge in [-0.2, -0.15) is 0 Å². The molecular weight excluding hydrogens is 1280 g/mol. The van der Waals surface area contributed by atoms with E-state index in [2.05, 4.69) is 352 Å². The molecule has 22 rings (SSSR count). The third-order valence-corrected chi connectivity index (χ3v) is 28.0. The highest BCUT2D eigenvalue weighted by molar-refractivity contribution is 6.27. The lowest BCUT2D eigenvalue weighted by Gasteiger charge is -2.30. The van der Waals surface area contributed by atoms with Gasteiger partial charge in [-0.05, 0) is 324 Å². The Bertz CT molecular complexity index is 6760. The van der Waals surface area contributed by atoms with Crippen LogP contribution in [-0.4, -0.2) is 0 Å². The van der Waals surface area contributed by atoms with Gasteiger partial charge in [-0.15, -0.1) is 0 Å². The third-order valence-electron chi connectivity index (χ3n) is 28.0. The summed E-state index contributed by atoms with van der Waals surface area (Å²) in [7, 11) is 0. The molecule has 0 aromatic heterocycles. The lowest BCUT2D eigenvalue weighted by molar-refractivity contribution is 0.590. The fourth-order valence-electron chi connectivity index (χ4n) is 22.0. The van der Waals surface area contributed by atoms with E-state index in [-0.39, 0.29) is 37.9 Å². The van der Waals surface area contributed by atoms with Gasteiger partial charge in [0.2, 0.25) is 0 Å². The molecule has 0 atom stereocenters. The molecule has 0 heterocycles. The molecule has 0 fully saturated rings. The van der Waals surface area contributed by atoms with Crippen molar-refractivity contribution in [1.82, 2.24) is 0 Å². The molecule has 0 radical (unpaired) electrons. The molecule has 512 valence electrons. The SMILES string of the molecule is Cc1cc2c(c3cc(-c4ccc5c6c(ccc5c4)C(C)(C)c4cc5c(cc4-6)C(C)(C)c4cc(N(c6ccc(C(C)(C)C)cc6)c6ccc7c(c6)C(C)(C)c6cc8c(cc6-7)C(C)(C)c6ccc7ccccc7c6-8)ccc4-5)ccc13)-c1cc3c(cc1C2(C)C)-c1c(cc2ccc4cccc5ccc1c2c45)C3(C)C. The van der Waals surface area contributed by atoms with Gasteiger partial charge in [0.05, 0.1) is 0 Å². The van der Waals surface area contributed by atoms with Crippen molar-refractivity contribution in [2.24, 2.45) is 0 Å². The smallest absolute Gasteiger partial charge is 0.0465 e. The van der Waals surface area contributed by atoms with Crippen molar-refractivity contribution in [3.63, 3.8) is 0 Å². The zero-order valence-electron chi connectivity index (χ0n) is 64.0. The van der Waals surface area contributed by atoms with Crippen molar-refractivity contribution >= 4 is 81.7 Å². The summed E-state index contributed by atoms with van der Waals surface area (Å²) in [5, 5.41) is 16.0. The van der Waals surface area contributed by atoms with E-state index in [4.69, 9.17) is 0 Å². The van der Waals surface area contributed by atoms with Crippen molar-refractivity contribution < 1.29 is 0 Å². The molecule has 16 aromatic rings. The van der Waals surface area contributed by atoms with Crippen molar-refractivity contribution in [2.75, 3.05) is 4.90 Å². The topological polar surface area (TPSA) is 3.24 Å². The van der Waals surface area contributed by atoms with Crippen LogP contribution < -0.4 is 4.90 Å². The van der Waals surface area contributed by atoms with Crippen LogP contribution in [0.5, 0.6) is 0 Å². The van der Waals surface area contributed by atoms with Crippen molar-refractivity contribution in [1.29, 1.82) is 0 Å². The maximum Gasteiger partial charge on any atom is 0.0465 e. The predicted molar refractivity (Wildman–Crippen MR) is 452 cm³/mol. The fraction of sp³-hybridized carbons (Fsp3) is 0.219. The number of benzene rings is 16. The zero-order valence-corrected chi connectivity index (χ0v) is 64.0. The van der Waals surface area contributed by atoms with Crippen LogP contribution in [0.2, 0.25) is 0 Å². The number of anilines is 3. The average Bonchev–Trinajstić information content (AvgIpc) is 1.52. The van der Waals surface area contributed by atoms with Crippen LogP contribution in [0.4, 0.5) is 17.1 Å². The molecule has 6 aliphatic carbocycles. The summed E-state index contributed by atoms with van der Waals surface area (Å²) in [4.78, 5) is 2.54. The molecule has 106 heavy (non-hydrogen) atoms. The van der Waals surface area contributed by atoms with Gasteiger partial charge in [-0.3, -0.25) is 0 Å². The number of hydrogen-bond acceptors (Lipinski definition) is 1. The second-order valence-corrected chi connectivity index (χ2v) is 36.8. The van der Waals surface area contributed by atoms with Gasteiger partial charge in [0.25, 0.3) is 0 Å². The van der Waals surface area contributed by atoms with Crippen LogP contribution >= 0.6 is 0 Å². The first kappa shape index (κ1) is 62.5. The van der Waals surface area contributed by atoms with Gasteiger partial charge < -0.3 is 4.90 Å². The summed E-state index contributed by atoms with van der Waals surface area (Å²) in [5.41, 5.74) is 41.0. The van der Waals surface area contributed by atoms with E-state index in [0.717, 1.165) is 5.69 Å². The molecule has 16 aromatic carbocycles. The quantitative estimate of drug-likeness (QED) is 0.159. The Morgan fingerprint density at radius 3 is 1.20 bits per heavy atom. The second kappa shape index (κ2) is 20.0. The first-order valence-corrected chi connectivity index (χ1v) is 38.8.